The lowest BCUT2D eigenvalue weighted by atomic mass is 10.0. The van der Waals surface area contributed by atoms with Crippen molar-refractivity contribution in [2.45, 2.75) is 33.2 Å². The smallest absolute Gasteiger partial charge is 0.162 e. The molecule has 0 unspecified atom stereocenters. The highest BCUT2D eigenvalue weighted by atomic mass is 32.1. The van der Waals surface area contributed by atoms with Gasteiger partial charge in [0.15, 0.2) is 5.82 Å². The van der Waals surface area contributed by atoms with Crippen LogP contribution in [0.5, 0.6) is 11.5 Å². The van der Waals surface area contributed by atoms with E-state index in [2.05, 4.69) is 43.2 Å². The summed E-state index contributed by atoms with van der Waals surface area (Å²) in [4.78, 5) is 15.3. The van der Waals surface area contributed by atoms with Crippen molar-refractivity contribution in [1.82, 2.24) is 15.0 Å². The molecule has 5 rings (SSSR count). The van der Waals surface area contributed by atoms with Crippen LogP contribution in [-0.4, -0.2) is 41.3 Å². The molecule has 7 nitrogen and oxygen atoms in total. The van der Waals surface area contributed by atoms with Crippen LogP contribution < -0.4 is 20.5 Å². The Morgan fingerprint density at radius 2 is 1.68 bits per heavy atom. The SMILES string of the molecule is COc1cccc(OCC(C)C)c1-c1c(C)sc2c(NC[C@@H](N)Cc3ccccc3)nc(-c3ccncc3)nc12. The highest BCUT2D eigenvalue weighted by molar-refractivity contribution is 7.20. The van der Waals surface area contributed by atoms with E-state index in [-0.39, 0.29) is 6.04 Å². The third kappa shape index (κ3) is 6.08. The summed E-state index contributed by atoms with van der Waals surface area (Å²) in [6.07, 6.45) is 4.28. The number of ether oxygens (including phenoxy) is 2. The third-order valence-corrected chi connectivity index (χ3v) is 7.65. The van der Waals surface area contributed by atoms with Gasteiger partial charge in [0.2, 0.25) is 0 Å². The Morgan fingerprint density at radius 1 is 0.925 bits per heavy atom. The second-order valence-electron chi connectivity index (χ2n) is 10.2. The van der Waals surface area contributed by atoms with Crippen molar-refractivity contribution in [3.8, 4) is 34.0 Å². The highest BCUT2D eigenvalue weighted by Gasteiger charge is 2.24. The normalized spacial score (nSPS) is 12.1. The number of benzene rings is 2. The zero-order chi connectivity index (χ0) is 28.1. The van der Waals surface area contributed by atoms with Crippen molar-refractivity contribution < 1.29 is 9.47 Å². The van der Waals surface area contributed by atoms with Gasteiger partial charge in [-0.25, -0.2) is 9.97 Å². The number of hydrogen-bond donors (Lipinski definition) is 2. The molecule has 0 aliphatic heterocycles. The summed E-state index contributed by atoms with van der Waals surface area (Å²) >= 11 is 1.66. The molecular weight excluding hydrogens is 518 g/mol. The van der Waals surface area contributed by atoms with Gasteiger partial charge in [-0.05, 0) is 49.1 Å². The molecule has 0 aliphatic carbocycles. The maximum absolute atomic E-state index is 6.54. The van der Waals surface area contributed by atoms with E-state index >= 15 is 0 Å². The van der Waals surface area contributed by atoms with Gasteiger partial charge >= 0.3 is 0 Å². The minimum absolute atomic E-state index is 0.0810. The molecule has 0 amide bonds. The lowest BCUT2D eigenvalue weighted by Crippen LogP contribution is -2.31. The Kier molecular flexibility index (Phi) is 8.57. The van der Waals surface area contributed by atoms with E-state index < -0.39 is 0 Å². The predicted molar refractivity (Wildman–Crippen MR) is 164 cm³/mol. The van der Waals surface area contributed by atoms with E-state index in [0.29, 0.717) is 24.9 Å². The zero-order valence-electron chi connectivity index (χ0n) is 23.3. The molecule has 0 aliphatic rings. The summed E-state index contributed by atoms with van der Waals surface area (Å²) < 4.78 is 13.1. The first-order valence-corrected chi connectivity index (χ1v) is 14.3. The average molecular weight is 554 g/mol. The van der Waals surface area contributed by atoms with Crippen LogP contribution >= 0.6 is 11.3 Å². The summed E-state index contributed by atoms with van der Waals surface area (Å²) in [6.45, 7) is 7.56. The van der Waals surface area contributed by atoms with E-state index in [1.807, 2.05) is 48.5 Å². The number of nitrogens with zero attached hydrogens (tertiary/aromatic N) is 3. The van der Waals surface area contributed by atoms with Gasteiger partial charge in [0, 0.05) is 41.0 Å². The molecule has 0 radical (unpaired) electrons. The minimum atomic E-state index is -0.0810. The summed E-state index contributed by atoms with van der Waals surface area (Å²) in [6, 6.07) is 20.0. The molecule has 0 saturated carbocycles. The van der Waals surface area contributed by atoms with Gasteiger partial charge in [0.1, 0.15) is 17.3 Å². The molecule has 8 heteroatoms. The van der Waals surface area contributed by atoms with Crippen LogP contribution in [-0.2, 0) is 6.42 Å². The molecule has 40 heavy (non-hydrogen) atoms. The van der Waals surface area contributed by atoms with Crippen LogP contribution in [0.25, 0.3) is 32.7 Å². The number of fused-ring (bicyclic) bond motifs is 1. The molecule has 2 aromatic carbocycles. The fourth-order valence-electron chi connectivity index (χ4n) is 4.65. The average Bonchev–Trinajstić information content (AvgIpc) is 3.30. The summed E-state index contributed by atoms with van der Waals surface area (Å²) in [5.41, 5.74) is 11.4. The molecule has 1 atom stereocenters. The van der Waals surface area contributed by atoms with E-state index in [1.165, 1.54) is 5.56 Å². The number of aromatic nitrogens is 3. The van der Waals surface area contributed by atoms with Crippen LogP contribution in [0.1, 0.15) is 24.3 Å². The Morgan fingerprint density at radius 3 is 2.40 bits per heavy atom. The van der Waals surface area contributed by atoms with E-state index in [1.54, 1.807) is 30.8 Å². The van der Waals surface area contributed by atoms with Crippen molar-refractivity contribution >= 4 is 27.4 Å². The summed E-state index contributed by atoms with van der Waals surface area (Å²) in [5.74, 6) is 3.29. The quantitative estimate of drug-likeness (QED) is 0.187. The van der Waals surface area contributed by atoms with Crippen molar-refractivity contribution in [1.29, 1.82) is 0 Å². The topological polar surface area (TPSA) is 95.2 Å². The van der Waals surface area contributed by atoms with Crippen LogP contribution in [0.3, 0.4) is 0 Å². The number of rotatable bonds is 11. The maximum atomic E-state index is 6.54. The number of aryl methyl sites for hydroxylation is 1. The maximum Gasteiger partial charge on any atom is 0.162 e. The fourth-order valence-corrected chi connectivity index (χ4v) is 5.72. The van der Waals surface area contributed by atoms with Crippen molar-refractivity contribution in [3.05, 3.63) is 83.5 Å². The van der Waals surface area contributed by atoms with Gasteiger partial charge in [0.05, 0.1) is 29.5 Å². The molecule has 0 spiro atoms. The second-order valence-corrected chi connectivity index (χ2v) is 11.4. The van der Waals surface area contributed by atoms with E-state index in [4.69, 9.17) is 25.2 Å². The van der Waals surface area contributed by atoms with E-state index in [0.717, 1.165) is 55.5 Å². The fraction of sp³-hybridized carbons (Fsp3) is 0.281. The largest absolute Gasteiger partial charge is 0.496 e. The first-order chi connectivity index (χ1) is 19.4. The molecule has 5 aromatic rings. The number of methoxy groups -OCH3 is 1. The lowest BCUT2D eigenvalue weighted by molar-refractivity contribution is 0.271. The molecule has 3 heterocycles. The Hall–Kier alpha value is -4.01. The number of thiophene rings is 1. The Labute approximate surface area is 239 Å². The molecular formula is C32H35N5O2S. The molecule has 3 aromatic heterocycles. The summed E-state index contributed by atoms with van der Waals surface area (Å²) in [5, 5.41) is 3.55. The molecule has 0 bridgehead atoms. The number of pyridine rings is 1. The van der Waals surface area contributed by atoms with Crippen LogP contribution in [0.15, 0.2) is 73.1 Å². The van der Waals surface area contributed by atoms with Gasteiger partial charge in [-0.2, -0.15) is 0 Å². The molecule has 0 fully saturated rings. The van der Waals surface area contributed by atoms with Gasteiger partial charge in [-0.15, -0.1) is 11.3 Å². The highest BCUT2D eigenvalue weighted by Crippen LogP contribution is 2.47. The number of hydrogen-bond acceptors (Lipinski definition) is 8. The molecule has 206 valence electrons. The lowest BCUT2D eigenvalue weighted by Gasteiger charge is -2.17. The van der Waals surface area contributed by atoms with Gasteiger partial charge in [-0.3, -0.25) is 4.98 Å². The summed E-state index contributed by atoms with van der Waals surface area (Å²) in [7, 11) is 1.69. The molecule has 0 saturated heterocycles. The standard InChI is InChI=1S/C32H35N5O2S/c1-20(2)19-39-26-12-8-11-25(38-4)28(26)27-21(3)40-30-29(27)36-31(23-13-15-34-16-14-23)37-32(30)35-18-24(33)17-22-9-6-5-7-10-22/h5-16,20,24H,17-19,33H2,1-4H3,(H,35,36,37)/t24-/m0/s1. The van der Waals surface area contributed by atoms with Crippen molar-refractivity contribution in [2.24, 2.45) is 11.7 Å². The zero-order valence-corrected chi connectivity index (χ0v) is 24.2. The number of anilines is 1. The van der Waals surface area contributed by atoms with Gasteiger partial charge < -0.3 is 20.5 Å². The number of nitrogens with two attached hydrogens (primary N) is 1. The van der Waals surface area contributed by atoms with Crippen LogP contribution in [0.4, 0.5) is 5.82 Å². The second kappa shape index (κ2) is 12.4. The Bertz CT molecular complexity index is 1570. The van der Waals surface area contributed by atoms with E-state index in [9.17, 15) is 0 Å². The van der Waals surface area contributed by atoms with Crippen LogP contribution in [0, 0.1) is 12.8 Å². The first kappa shape index (κ1) is 27.6. The van der Waals surface area contributed by atoms with Gasteiger partial charge in [-0.1, -0.05) is 50.2 Å². The van der Waals surface area contributed by atoms with Crippen LogP contribution in [0.2, 0.25) is 0 Å². The number of nitrogens with one attached hydrogen (secondary N) is 1. The predicted octanol–water partition coefficient (Wildman–Crippen LogP) is 6.75. The van der Waals surface area contributed by atoms with Crippen molar-refractivity contribution in [3.63, 3.8) is 0 Å². The Balaban J connectivity index is 1.61. The minimum Gasteiger partial charge on any atom is -0.496 e. The monoisotopic (exact) mass is 553 g/mol. The first-order valence-electron chi connectivity index (χ1n) is 13.5. The van der Waals surface area contributed by atoms with Gasteiger partial charge in [0.25, 0.3) is 0 Å². The van der Waals surface area contributed by atoms with Crippen molar-refractivity contribution in [2.75, 3.05) is 25.6 Å². The molecule has 3 N–H and O–H groups in total. The third-order valence-electron chi connectivity index (χ3n) is 6.55.